The lowest BCUT2D eigenvalue weighted by Gasteiger charge is -2.22. The van der Waals surface area contributed by atoms with E-state index in [9.17, 15) is 4.79 Å². The number of rotatable bonds is 5. The molecule has 160 valence electrons. The number of benzene rings is 2. The number of ether oxygens (including phenoxy) is 1. The van der Waals surface area contributed by atoms with Gasteiger partial charge >= 0.3 is 6.09 Å². The number of fused-ring (bicyclic) bond motifs is 1. The van der Waals surface area contributed by atoms with Gasteiger partial charge in [0.05, 0.1) is 0 Å². The molecule has 1 aromatic heterocycles. The Morgan fingerprint density at radius 3 is 2.61 bits per heavy atom. The fraction of sp³-hybridized carbons (Fsp3) is 0.280. The van der Waals surface area contributed by atoms with Crippen LogP contribution in [0.5, 0.6) is 5.75 Å². The Morgan fingerprint density at radius 2 is 1.94 bits per heavy atom. The lowest BCUT2D eigenvalue weighted by Crippen LogP contribution is -2.28. The van der Waals surface area contributed by atoms with Crippen LogP contribution in [0.4, 0.5) is 21.9 Å². The Bertz CT molecular complexity index is 1060. The van der Waals surface area contributed by atoms with E-state index in [4.69, 9.17) is 4.74 Å². The maximum Gasteiger partial charge on any atom is 0.417 e. The van der Waals surface area contributed by atoms with Crippen LogP contribution < -0.4 is 19.9 Å². The van der Waals surface area contributed by atoms with E-state index in [-0.39, 0.29) is 5.41 Å². The first-order valence-electron chi connectivity index (χ1n) is 10.4. The largest absolute Gasteiger partial charge is 0.417 e. The van der Waals surface area contributed by atoms with E-state index in [0.29, 0.717) is 11.4 Å². The van der Waals surface area contributed by atoms with Crippen molar-refractivity contribution in [2.24, 2.45) is 0 Å². The number of anilines is 3. The number of carbonyl (C=O) groups is 1. The third-order valence-corrected chi connectivity index (χ3v) is 5.56. The predicted molar refractivity (Wildman–Crippen MR) is 125 cm³/mol. The molecule has 2 aromatic carbocycles. The van der Waals surface area contributed by atoms with E-state index in [0.717, 1.165) is 18.8 Å². The molecule has 1 aliphatic heterocycles. The van der Waals surface area contributed by atoms with Crippen LogP contribution in [-0.4, -0.2) is 31.7 Å². The molecule has 6 heteroatoms. The predicted octanol–water partition coefficient (Wildman–Crippen LogP) is 5.06. The number of pyridine rings is 1. The standard InChI is InChI=1S/C25H28N4O2/c1-25(2)17-29(16-18-6-5-13-26-15-18)23-12-11-21(14-22(23)25)31-24(30)27-19-7-9-20(10-8-19)28(3)4/h5-15H,16-17H2,1-4H3,(H,27,30). The normalized spacial score (nSPS) is 14.1. The Balaban J connectivity index is 1.46. The first-order chi connectivity index (χ1) is 14.8. The third-order valence-electron chi connectivity index (χ3n) is 5.56. The van der Waals surface area contributed by atoms with Gasteiger partial charge in [0.2, 0.25) is 0 Å². The minimum absolute atomic E-state index is 0.0462. The zero-order valence-electron chi connectivity index (χ0n) is 18.4. The van der Waals surface area contributed by atoms with Gasteiger partial charge in [0.25, 0.3) is 0 Å². The van der Waals surface area contributed by atoms with Gasteiger partial charge in [-0.25, -0.2) is 4.79 Å². The van der Waals surface area contributed by atoms with Crippen molar-refractivity contribution >= 4 is 23.2 Å². The fourth-order valence-corrected chi connectivity index (χ4v) is 3.99. The molecule has 31 heavy (non-hydrogen) atoms. The molecule has 1 N–H and O–H groups in total. The van der Waals surface area contributed by atoms with Crippen molar-refractivity contribution in [3.8, 4) is 5.75 Å². The van der Waals surface area contributed by atoms with Crippen molar-refractivity contribution in [2.45, 2.75) is 25.8 Å². The van der Waals surface area contributed by atoms with Crippen LogP contribution in [0.1, 0.15) is 25.0 Å². The van der Waals surface area contributed by atoms with Crippen LogP contribution in [0.3, 0.4) is 0 Å². The topological polar surface area (TPSA) is 57.7 Å². The van der Waals surface area contributed by atoms with Gasteiger partial charge in [0.1, 0.15) is 5.75 Å². The summed E-state index contributed by atoms with van der Waals surface area (Å²) < 4.78 is 5.58. The Hall–Kier alpha value is -3.54. The zero-order valence-corrected chi connectivity index (χ0v) is 18.4. The summed E-state index contributed by atoms with van der Waals surface area (Å²) in [6.45, 7) is 6.12. The number of hydrogen-bond acceptors (Lipinski definition) is 5. The highest BCUT2D eigenvalue weighted by molar-refractivity contribution is 5.86. The minimum Gasteiger partial charge on any atom is -0.410 e. The minimum atomic E-state index is -0.499. The van der Waals surface area contributed by atoms with Crippen molar-refractivity contribution in [2.75, 3.05) is 35.8 Å². The van der Waals surface area contributed by atoms with Gasteiger partial charge in [-0.15, -0.1) is 0 Å². The summed E-state index contributed by atoms with van der Waals surface area (Å²) in [4.78, 5) is 21.0. The van der Waals surface area contributed by atoms with Crippen LogP contribution in [0, 0.1) is 0 Å². The van der Waals surface area contributed by atoms with E-state index in [2.05, 4.69) is 35.1 Å². The van der Waals surface area contributed by atoms with Crippen molar-refractivity contribution in [3.63, 3.8) is 0 Å². The SMILES string of the molecule is CN(C)c1ccc(NC(=O)Oc2ccc3c(c2)C(C)(C)CN3Cc2cccnc2)cc1. The second-order valence-corrected chi connectivity index (χ2v) is 8.74. The summed E-state index contributed by atoms with van der Waals surface area (Å²) >= 11 is 0. The molecule has 1 aliphatic rings. The highest BCUT2D eigenvalue weighted by Crippen LogP contribution is 2.42. The van der Waals surface area contributed by atoms with Gasteiger partial charge in [-0.2, -0.15) is 0 Å². The molecule has 0 atom stereocenters. The zero-order chi connectivity index (χ0) is 22.0. The number of amides is 1. The number of hydrogen-bond donors (Lipinski definition) is 1. The van der Waals surface area contributed by atoms with Gasteiger partial charge in [-0.3, -0.25) is 10.3 Å². The highest BCUT2D eigenvalue weighted by Gasteiger charge is 2.35. The number of carbonyl (C=O) groups excluding carboxylic acids is 1. The van der Waals surface area contributed by atoms with Gasteiger partial charge < -0.3 is 14.5 Å². The molecule has 0 saturated carbocycles. The first-order valence-corrected chi connectivity index (χ1v) is 10.4. The summed E-state index contributed by atoms with van der Waals surface area (Å²) in [5, 5.41) is 2.79. The van der Waals surface area contributed by atoms with Crippen LogP contribution in [0.2, 0.25) is 0 Å². The molecular formula is C25H28N4O2. The molecule has 0 fully saturated rings. The molecule has 4 rings (SSSR count). The van der Waals surface area contributed by atoms with Gasteiger partial charge in [0, 0.05) is 62.1 Å². The van der Waals surface area contributed by atoms with Crippen LogP contribution in [-0.2, 0) is 12.0 Å². The van der Waals surface area contributed by atoms with Crippen molar-refractivity contribution in [3.05, 3.63) is 78.1 Å². The summed E-state index contributed by atoms with van der Waals surface area (Å²) in [6.07, 6.45) is 3.19. The van der Waals surface area contributed by atoms with Crippen LogP contribution in [0.25, 0.3) is 0 Å². The number of aromatic nitrogens is 1. The summed E-state index contributed by atoms with van der Waals surface area (Å²) in [5.41, 5.74) is 5.23. The average molecular weight is 417 g/mol. The Kier molecular flexibility index (Phi) is 5.55. The molecule has 0 aliphatic carbocycles. The Labute approximate surface area is 183 Å². The Morgan fingerprint density at radius 1 is 1.16 bits per heavy atom. The third kappa shape index (κ3) is 4.63. The summed E-state index contributed by atoms with van der Waals surface area (Å²) in [6, 6.07) is 17.5. The van der Waals surface area contributed by atoms with Gasteiger partial charge in [0.15, 0.2) is 0 Å². The highest BCUT2D eigenvalue weighted by atomic mass is 16.6. The summed E-state index contributed by atoms with van der Waals surface area (Å²) in [7, 11) is 3.95. The maximum absolute atomic E-state index is 12.4. The molecule has 0 saturated heterocycles. The first kappa shape index (κ1) is 20.7. The second kappa shape index (κ2) is 8.30. The smallest absolute Gasteiger partial charge is 0.410 e. The quantitative estimate of drug-likeness (QED) is 0.630. The molecule has 0 radical (unpaired) electrons. The number of nitrogens with zero attached hydrogens (tertiary/aromatic N) is 3. The molecule has 1 amide bonds. The van der Waals surface area contributed by atoms with E-state index in [1.165, 1.54) is 16.8 Å². The molecule has 3 aromatic rings. The molecule has 2 heterocycles. The van der Waals surface area contributed by atoms with E-state index >= 15 is 0 Å². The molecule has 0 bridgehead atoms. The lowest BCUT2D eigenvalue weighted by molar-refractivity contribution is 0.215. The average Bonchev–Trinajstić information content (AvgIpc) is 2.98. The summed E-state index contributed by atoms with van der Waals surface area (Å²) in [5.74, 6) is 0.539. The molecule has 0 unspecified atom stereocenters. The van der Waals surface area contributed by atoms with Crippen LogP contribution >= 0.6 is 0 Å². The molecule has 0 spiro atoms. The van der Waals surface area contributed by atoms with Gasteiger partial charge in [-0.05, 0) is 59.7 Å². The van der Waals surface area contributed by atoms with Crippen LogP contribution in [0.15, 0.2) is 67.0 Å². The monoisotopic (exact) mass is 416 g/mol. The maximum atomic E-state index is 12.4. The van der Waals surface area contributed by atoms with Crippen molar-refractivity contribution < 1.29 is 9.53 Å². The van der Waals surface area contributed by atoms with E-state index in [1.807, 2.05) is 73.7 Å². The molecule has 6 nitrogen and oxygen atoms in total. The number of nitrogens with one attached hydrogen (secondary N) is 1. The lowest BCUT2D eigenvalue weighted by atomic mass is 9.87. The van der Waals surface area contributed by atoms with Crippen molar-refractivity contribution in [1.82, 2.24) is 4.98 Å². The van der Waals surface area contributed by atoms with E-state index < -0.39 is 6.09 Å². The van der Waals surface area contributed by atoms with Gasteiger partial charge in [-0.1, -0.05) is 19.9 Å². The second-order valence-electron chi connectivity index (χ2n) is 8.74. The van der Waals surface area contributed by atoms with Crippen molar-refractivity contribution in [1.29, 1.82) is 0 Å². The fourth-order valence-electron chi connectivity index (χ4n) is 3.99. The van der Waals surface area contributed by atoms with E-state index in [1.54, 1.807) is 6.20 Å². The molecular weight excluding hydrogens is 388 g/mol.